The second-order valence-electron chi connectivity index (χ2n) is 5.58. The third-order valence-corrected chi connectivity index (χ3v) is 5.32. The minimum absolute atomic E-state index is 0.328. The topological polar surface area (TPSA) is 72.2 Å². The van der Waals surface area contributed by atoms with Gasteiger partial charge in [-0.3, -0.25) is 0 Å². The van der Waals surface area contributed by atoms with E-state index in [0.717, 1.165) is 23.1 Å². The van der Waals surface area contributed by atoms with Crippen molar-refractivity contribution in [3.8, 4) is 0 Å². The van der Waals surface area contributed by atoms with Crippen LogP contribution in [0.5, 0.6) is 0 Å². The van der Waals surface area contributed by atoms with Crippen LogP contribution in [0.2, 0.25) is 0 Å². The first-order chi connectivity index (χ1) is 8.63. The quantitative estimate of drug-likeness (QED) is 0.871. The molecule has 0 radical (unpaired) electrons. The van der Waals surface area contributed by atoms with E-state index in [-0.39, 0.29) is 0 Å². The maximum absolute atomic E-state index is 12.5. The van der Waals surface area contributed by atoms with Crippen molar-refractivity contribution in [2.75, 3.05) is 0 Å². The highest BCUT2D eigenvalue weighted by Gasteiger charge is 2.26. The lowest BCUT2D eigenvalue weighted by Crippen LogP contribution is -2.42. The molecular weight excluding hydrogens is 260 g/mol. The van der Waals surface area contributed by atoms with Crippen molar-refractivity contribution < 1.29 is 8.42 Å². The molecular formula is C14H24N2O2S. The van der Waals surface area contributed by atoms with Crippen LogP contribution in [-0.4, -0.2) is 14.0 Å². The molecule has 0 aliphatic carbocycles. The summed E-state index contributed by atoms with van der Waals surface area (Å²) in [5, 5.41) is 0. The zero-order chi connectivity index (χ0) is 14.8. The zero-order valence-corrected chi connectivity index (χ0v) is 13.2. The first-order valence-electron chi connectivity index (χ1n) is 6.47. The third kappa shape index (κ3) is 3.78. The van der Waals surface area contributed by atoms with Crippen molar-refractivity contribution in [3.63, 3.8) is 0 Å². The Labute approximate surface area is 116 Å². The fourth-order valence-corrected chi connectivity index (χ4v) is 3.64. The number of benzene rings is 1. The van der Waals surface area contributed by atoms with Gasteiger partial charge in [0, 0.05) is 12.1 Å². The van der Waals surface area contributed by atoms with Crippen LogP contribution in [-0.2, 0) is 16.6 Å². The van der Waals surface area contributed by atoms with Crippen LogP contribution in [0.15, 0.2) is 17.0 Å². The Morgan fingerprint density at radius 3 is 2.32 bits per heavy atom. The summed E-state index contributed by atoms with van der Waals surface area (Å²) in [4.78, 5) is 0.328. The van der Waals surface area contributed by atoms with Gasteiger partial charge in [0.2, 0.25) is 10.0 Å². The summed E-state index contributed by atoms with van der Waals surface area (Å²) in [5.41, 5.74) is 7.71. The molecule has 19 heavy (non-hydrogen) atoms. The molecule has 0 saturated heterocycles. The fourth-order valence-electron chi connectivity index (χ4n) is 1.79. The van der Waals surface area contributed by atoms with Crippen molar-refractivity contribution >= 4 is 10.0 Å². The Balaban J connectivity index is 3.33. The molecule has 1 rings (SSSR count). The van der Waals surface area contributed by atoms with E-state index in [1.54, 1.807) is 6.07 Å². The molecule has 108 valence electrons. The Morgan fingerprint density at radius 2 is 1.84 bits per heavy atom. The van der Waals surface area contributed by atoms with E-state index in [2.05, 4.69) is 4.72 Å². The van der Waals surface area contributed by atoms with Gasteiger partial charge in [-0.1, -0.05) is 13.0 Å². The molecule has 0 aromatic heterocycles. The summed E-state index contributed by atoms with van der Waals surface area (Å²) in [7, 11) is -3.52. The molecule has 0 amide bonds. The predicted molar refractivity (Wildman–Crippen MR) is 78.5 cm³/mol. The molecule has 4 nitrogen and oxygen atoms in total. The van der Waals surface area contributed by atoms with Gasteiger partial charge in [-0.2, -0.15) is 0 Å². The summed E-state index contributed by atoms with van der Waals surface area (Å²) >= 11 is 0. The van der Waals surface area contributed by atoms with Crippen molar-refractivity contribution in [2.24, 2.45) is 5.73 Å². The lowest BCUT2D eigenvalue weighted by Gasteiger charge is -2.25. The minimum Gasteiger partial charge on any atom is -0.326 e. The molecule has 0 saturated carbocycles. The Hall–Kier alpha value is -0.910. The normalized spacial score (nSPS) is 12.7. The summed E-state index contributed by atoms with van der Waals surface area (Å²) < 4.78 is 27.7. The second kappa shape index (κ2) is 5.61. The van der Waals surface area contributed by atoms with Crippen LogP contribution in [0.25, 0.3) is 0 Å². The van der Waals surface area contributed by atoms with Crippen LogP contribution in [0.1, 0.15) is 43.9 Å². The number of sulfonamides is 1. The molecule has 0 heterocycles. The van der Waals surface area contributed by atoms with E-state index in [1.807, 2.05) is 40.7 Å². The van der Waals surface area contributed by atoms with Crippen LogP contribution in [0, 0.1) is 13.8 Å². The molecule has 5 heteroatoms. The van der Waals surface area contributed by atoms with Crippen molar-refractivity contribution in [1.82, 2.24) is 4.72 Å². The van der Waals surface area contributed by atoms with E-state index < -0.39 is 15.6 Å². The number of nitrogens with one attached hydrogen (secondary N) is 1. The number of aryl methyl sites for hydroxylation is 1. The molecule has 0 unspecified atom stereocenters. The Kier molecular flexibility index (Phi) is 4.76. The summed E-state index contributed by atoms with van der Waals surface area (Å²) in [6, 6.07) is 3.59. The molecule has 0 spiro atoms. The van der Waals surface area contributed by atoms with Gasteiger partial charge in [-0.15, -0.1) is 0 Å². The zero-order valence-electron chi connectivity index (χ0n) is 12.4. The predicted octanol–water partition coefficient (Wildman–Crippen LogP) is 2.23. The van der Waals surface area contributed by atoms with E-state index in [9.17, 15) is 8.42 Å². The standard InChI is InChI=1S/C14H24N2O2S/c1-6-14(4,5)16-19(17,18)13-8-12(9-15)7-10(2)11(13)3/h7-8,16H,6,9,15H2,1-5H3. The van der Waals surface area contributed by atoms with Gasteiger partial charge in [-0.05, 0) is 56.9 Å². The van der Waals surface area contributed by atoms with Crippen LogP contribution >= 0.6 is 0 Å². The molecule has 0 aliphatic heterocycles. The third-order valence-electron chi connectivity index (χ3n) is 3.50. The maximum atomic E-state index is 12.5. The van der Waals surface area contributed by atoms with Gasteiger partial charge in [0.15, 0.2) is 0 Å². The monoisotopic (exact) mass is 284 g/mol. The minimum atomic E-state index is -3.52. The molecule has 0 aliphatic rings. The SMILES string of the molecule is CCC(C)(C)NS(=O)(=O)c1cc(CN)cc(C)c1C. The van der Waals surface area contributed by atoms with Crippen LogP contribution < -0.4 is 10.5 Å². The van der Waals surface area contributed by atoms with Crippen molar-refractivity contribution in [3.05, 3.63) is 28.8 Å². The largest absolute Gasteiger partial charge is 0.326 e. The number of rotatable bonds is 5. The summed E-state index contributed by atoms with van der Waals surface area (Å²) in [6.45, 7) is 9.76. The van der Waals surface area contributed by atoms with Gasteiger partial charge in [-0.25, -0.2) is 13.1 Å². The lowest BCUT2D eigenvalue weighted by atomic mass is 10.0. The summed E-state index contributed by atoms with van der Waals surface area (Å²) in [5.74, 6) is 0. The molecule has 0 fully saturated rings. The Bertz CT molecular complexity index is 563. The highest BCUT2D eigenvalue weighted by atomic mass is 32.2. The molecule has 0 bridgehead atoms. The van der Waals surface area contributed by atoms with E-state index in [4.69, 9.17) is 5.73 Å². The first-order valence-corrected chi connectivity index (χ1v) is 7.95. The van der Waals surface area contributed by atoms with Gasteiger partial charge in [0.25, 0.3) is 0 Å². The van der Waals surface area contributed by atoms with Gasteiger partial charge in [0.05, 0.1) is 4.90 Å². The highest BCUT2D eigenvalue weighted by Crippen LogP contribution is 2.23. The van der Waals surface area contributed by atoms with E-state index in [1.165, 1.54) is 0 Å². The molecule has 0 atom stereocenters. The van der Waals surface area contributed by atoms with Crippen LogP contribution in [0.4, 0.5) is 0 Å². The van der Waals surface area contributed by atoms with Gasteiger partial charge < -0.3 is 5.73 Å². The first kappa shape index (κ1) is 16.1. The van der Waals surface area contributed by atoms with Crippen molar-refractivity contribution in [1.29, 1.82) is 0 Å². The molecule has 1 aromatic carbocycles. The molecule has 3 N–H and O–H groups in total. The maximum Gasteiger partial charge on any atom is 0.241 e. The van der Waals surface area contributed by atoms with E-state index in [0.29, 0.717) is 11.4 Å². The number of hydrogen-bond donors (Lipinski definition) is 2. The highest BCUT2D eigenvalue weighted by molar-refractivity contribution is 7.89. The number of hydrogen-bond acceptors (Lipinski definition) is 3. The Morgan fingerprint density at radius 1 is 1.26 bits per heavy atom. The second-order valence-corrected chi connectivity index (χ2v) is 7.23. The van der Waals surface area contributed by atoms with Gasteiger partial charge in [0.1, 0.15) is 0 Å². The smallest absolute Gasteiger partial charge is 0.241 e. The summed E-state index contributed by atoms with van der Waals surface area (Å²) in [6.07, 6.45) is 0.723. The number of nitrogens with two attached hydrogens (primary N) is 1. The fraction of sp³-hybridized carbons (Fsp3) is 0.571. The lowest BCUT2D eigenvalue weighted by molar-refractivity contribution is 0.439. The van der Waals surface area contributed by atoms with Crippen LogP contribution in [0.3, 0.4) is 0 Å². The average molecular weight is 284 g/mol. The molecule has 1 aromatic rings. The van der Waals surface area contributed by atoms with E-state index >= 15 is 0 Å². The van der Waals surface area contributed by atoms with Crippen molar-refractivity contribution in [2.45, 2.75) is 58.0 Å². The van der Waals surface area contributed by atoms with Gasteiger partial charge >= 0.3 is 0 Å². The average Bonchev–Trinajstić information content (AvgIpc) is 2.31.